The van der Waals surface area contributed by atoms with Gasteiger partial charge in [0.1, 0.15) is 10.8 Å². The lowest BCUT2D eigenvalue weighted by Crippen LogP contribution is -2.35. The molecule has 31 heavy (non-hydrogen) atoms. The van der Waals surface area contributed by atoms with E-state index in [1.165, 1.54) is 0 Å². The lowest BCUT2D eigenvalue weighted by Gasteiger charge is -2.33. The van der Waals surface area contributed by atoms with E-state index in [1.54, 1.807) is 48.5 Å². The molecule has 11 heteroatoms. The molecule has 0 fully saturated rings. The molecule has 0 aliphatic carbocycles. The summed E-state index contributed by atoms with van der Waals surface area (Å²) in [6, 6.07) is 10.6. The van der Waals surface area contributed by atoms with Crippen LogP contribution in [0.2, 0.25) is 10.0 Å². The van der Waals surface area contributed by atoms with Crippen molar-refractivity contribution in [3.8, 4) is 0 Å². The summed E-state index contributed by atoms with van der Waals surface area (Å²) in [6.07, 6.45) is -4.90. The highest BCUT2D eigenvalue weighted by Gasteiger charge is 2.47. The van der Waals surface area contributed by atoms with E-state index in [-0.39, 0.29) is 23.0 Å². The molecule has 2 aromatic carbocycles. The summed E-state index contributed by atoms with van der Waals surface area (Å²) >= 11 is 15.5. The second-order valence-corrected chi connectivity index (χ2v) is 8.69. The number of benzene rings is 2. The Hall–Kier alpha value is -2.23. The Labute approximate surface area is 193 Å². The molecule has 1 aromatic heterocycles. The van der Waals surface area contributed by atoms with Gasteiger partial charge >= 0.3 is 6.18 Å². The van der Waals surface area contributed by atoms with E-state index in [4.69, 9.17) is 23.2 Å². The minimum atomic E-state index is -4.59. The average molecular weight is 534 g/mol. The van der Waals surface area contributed by atoms with Crippen LogP contribution in [-0.4, -0.2) is 21.9 Å². The monoisotopic (exact) mass is 532 g/mol. The van der Waals surface area contributed by atoms with Gasteiger partial charge in [-0.3, -0.25) is 4.79 Å². The van der Waals surface area contributed by atoms with E-state index in [9.17, 15) is 18.0 Å². The highest BCUT2D eigenvalue weighted by molar-refractivity contribution is 9.10. The maximum atomic E-state index is 13.8. The molecule has 4 rings (SSSR count). The summed E-state index contributed by atoms with van der Waals surface area (Å²) < 4.78 is 43.1. The van der Waals surface area contributed by atoms with Gasteiger partial charge in [0, 0.05) is 21.6 Å². The molecular weight excluding hydrogens is 520 g/mol. The fourth-order valence-electron chi connectivity index (χ4n) is 3.37. The molecule has 2 N–H and O–H groups in total. The average Bonchev–Trinajstić information content (AvgIpc) is 3.05. The molecule has 2 heterocycles. The van der Waals surface area contributed by atoms with Crippen LogP contribution in [0.15, 0.2) is 53.0 Å². The lowest BCUT2D eigenvalue weighted by atomic mass is 9.97. The summed E-state index contributed by atoms with van der Waals surface area (Å²) in [5.74, 6) is -0.767. The number of hydrogen-bond acceptors (Lipinski definition) is 3. The van der Waals surface area contributed by atoms with Crippen molar-refractivity contribution in [2.45, 2.75) is 24.7 Å². The number of carbonyl (C=O) groups is 1. The molecule has 5 nitrogen and oxygen atoms in total. The predicted molar refractivity (Wildman–Crippen MR) is 117 cm³/mol. The smallest absolute Gasteiger partial charge is 0.362 e. The third-order valence-corrected chi connectivity index (χ3v) is 6.02. The third-order valence-electron chi connectivity index (χ3n) is 4.89. The fraction of sp³-hybridized carbons (Fsp3) is 0.200. The molecule has 0 radical (unpaired) electrons. The maximum Gasteiger partial charge on any atom is 0.410 e. The van der Waals surface area contributed by atoms with E-state index in [1.807, 2.05) is 0 Å². The highest BCUT2D eigenvalue weighted by atomic mass is 79.9. The van der Waals surface area contributed by atoms with E-state index >= 15 is 0 Å². The van der Waals surface area contributed by atoms with Gasteiger partial charge in [0.15, 0.2) is 11.7 Å². The quantitative estimate of drug-likeness (QED) is 0.386. The van der Waals surface area contributed by atoms with E-state index in [2.05, 4.69) is 31.7 Å². The summed E-state index contributed by atoms with van der Waals surface area (Å²) in [7, 11) is 0. The number of halogens is 6. The van der Waals surface area contributed by atoms with Gasteiger partial charge in [0.2, 0.25) is 0 Å². The Kier molecular flexibility index (Phi) is 5.93. The van der Waals surface area contributed by atoms with E-state index < -0.39 is 24.2 Å². The number of fused-ring (bicyclic) bond motifs is 1. The molecule has 0 unspecified atom stereocenters. The largest absolute Gasteiger partial charge is 0.410 e. The van der Waals surface area contributed by atoms with Crippen LogP contribution in [0.5, 0.6) is 0 Å². The van der Waals surface area contributed by atoms with E-state index in [0.29, 0.717) is 16.3 Å². The SMILES string of the molecule is O=C(Nc1ccc(Br)cc1)c1nn2c(c1Cl)N[C@@H](c1ccc(Cl)cc1)C[C@H]2C(F)(F)F. The van der Waals surface area contributed by atoms with Gasteiger partial charge in [-0.15, -0.1) is 0 Å². The van der Waals surface area contributed by atoms with Crippen molar-refractivity contribution in [2.75, 3.05) is 10.6 Å². The number of amides is 1. The van der Waals surface area contributed by atoms with Crippen LogP contribution in [0.1, 0.15) is 34.6 Å². The number of rotatable bonds is 3. The number of nitrogens with one attached hydrogen (secondary N) is 2. The van der Waals surface area contributed by atoms with Crippen molar-refractivity contribution in [3.05, 3.63) is 74.3 Å². The number of nitrogens with zero attached hydrogens (tertiary/aromatic N) is 2. The molecule has 162 valence electrons. The Morgan fingerprint density at radius 2 is 1.77 bits per heavy atom. The highest BCUT2D eigenvalue weighted by Crippen LogP contribution is 2.46. The zero-order valence-electron chi connectivity index (χ0n) is 15.6. The molecule has 0 spiro atoms. The van der Waals surface area contributed by atoms with Gasteiger partial charge in [-0.05, 0) is 42.0 Å². The number of alkyl halides is 3. The Morgan fingerprint density at radius 1 is 1.13 bits per heavy atom. The molecule has 1 amide bonds. The van der Waals surface area contributed by atoms with Gasteiger partial charge in [0.25, 0.3) is 5.91 Å². The van der Waals surface area contributed by atoms with Crippen LogP contribution < -0.4 is 10.6 Å². The molecular formula is C20H14BrCl2F3N4O. The number of aromatic nitrogens is 2. The zero-order valence-corrected chi connectivity index (χ0v) is 18.6. The fourth-order valence-corrected chi connectivity index (χ4v) is 4.03. The standard InChI is InChI=1S/C20H14BrCl2F3N4O/c21-11-3-7-13(8-4-11)27-19(31)17-16(23)18-28-14(10-1-5-12(22)6-2-10)9-15(20(24,25)26)30(18)29-17/h1-8,14-15,28H,9H2,(H,27,31)/t14-,15+/m1/s1. The first-order chi connectivity index (χ1) is 14.6. The summed E-state index contributed by atoms with van der Waals surface area (Å²) in [5.41, 5.74) is 0.774. The van der Waals surface area contributed by atoms with Crippen LogP contribution in [0, 0.1) is 0 Å². The molecule has 2 atom stereocenters. The van der Waals surface area contributed by atoms with Crippen molar-refractivity contribution in [3.63, 3.8) is 0 Å². The molecule has 0 saturated carbocycles. The lowest BCUT2D eigenvalue weighted by molar-refractivity contribution is -0.173. The molecule has 1 aliphatic heterocycles. The molecule has 3 aromatic rings. The van der Waals surface area contributed by atoms with Crippen molar-refractivity contribution in [1.82, 2.24) is 9.78 Å². The van der Waals surface area contributed by atoms with Gasteiger partial charge in [-0.2, -0.15) is 18.3 Å². The minimum Gasteiger partial charge on any atom is -0.362 e. The molecule has 0 bridgehead atoms. The molecule has 0 saturated heterocycles. The third kappa shape index (κ3) is 4.53. The Balaban J connectivity index is 1.69. The Morgan fingerprint density at radius 3 is 2.39 bits per heavy atom. The first-order valence-corrected chi connectivity index (χ1v) is 10.6. The summed E-state index contributed by atoms with van der Waals surface area (Å²) in [5, 5.41) is 9.79. The summed E-state index contributed by atoms with van der Waals surface area (Å²) in [6.45, 7) is 0. The van der Waals surface area contributed by atoms with Gasteiger partial charge < -0.3 is 10.6 Å². The first kappa shape index (κ1) is 22.0. The van der Waals surface area contributed by atoms with Crippen LogP contribution in [0.25, 0.3) is 0 Å². The van der Waals surface area contributed by atoms with Crippen LogP contribution in [0.3, 0.4) is 0 Å². The Bertz CT molecular complexity index is 1120. The van der Waals surface area contributed by atoms with Gasteiger partial charge in [-0.1, -0.05) is 51.3 Å². The second-order valence-electron chi connectivity index (χ2n) is 6.96. The van der Waals surface area contributed by atoms with Crippen LogP contribution in [0.4, 0.5) is 24.7 Å². The van der Waals surface area contributed by atoms with Crippen LogP contribution >= 0.6 is 39.1 Å². The predicted octanol–water partition coefficient (Wildman–Crippen LogP) is 6.87. The normalized spacial score (nSPS) is 18.3. The van der Waals surface area contributed by atoms with Crippen molar-refractivity contribution in [1.29, 1.82) is 0 Å². The first-order valence-electron chi connectivity index (χ1n) is 9.07. The minimum absolute atomic E-state index is 0.0591. The van der Waals surface area contributed by atoms with Gasteiger partial charge in [-0.25, -0.2) is 4.68 Å². The van der Waals surface area contributed by atoms with Crippen molar-refractivity contribution < 1.29 is 18.0 Å². The molecule has 1 aliphatic rings. The number of carbonyl (C=O) groups excluding carboxylic acids is 1. The number of hydrogen-bond donors (Lipinski definition) is 2. The van der Waals surface area contributed by atoms with Crippen molar-refractivity contribution >= 4 is 56.5 Å². The topological polar surface area (TPSA) is 59.0 Å². The van der Waals surface area contributed by atoms with E-state index in [0.717, 1.165) is 9.15 Å². The second kappa shape index (κ2) is 8.37. The van der Waals surface area contributed by atoms with Crippen LogP contribution in [-0.2, 0) is 0 Å². The van der Waals surface area contributed by atoms with Gasteiger partial charge in [0.05, 0.1) is 6.04 Å². The number of anilines is 2. The maximum absolute atomic E-state index is 13.8. The summed E-state index contributed by atoms with van der Waals surface area (Å²) in [4.78, 5) is 12.7. The zero-order chi connectivity index (χ0) is 22.3. The van der Waals surface area contributed by atoms with Crippen molar-refractivity contribution in [2.24, 2.45) is 0 Å².